The molecule has 0 aliphatic heterocycles. The molecule has 0 saturated heterocycles. The molecule has 0 bridgehead atoms. The standard InChI is InChI=1S/C15H19FN2O/c1-15(2,3)11-6-9-10(14(19)17-4)8-18(5)13(9)7-12(11)16/h6-8H,1-5H3,(H,17,19). The third kappa shape index (κ3) is 2.23. The monoisotopic (exact) mass is 262 g/mol. The molecule has 1 amide bonds. The van der Waals surface area contributed by atoms with Gasteiger partial charge in [0.1, 0.15) is 5.82 Å². The Bertz CT molecular complexity index is 650. The molecule has 1 heterocycles. The smallest absolute Gasteiger partial charge is 0.253 e. The van der Waals surface area contributed by atoms with Gasteiger partial charge in [0.05, 0.1) is 11.1 Å². The average Bonchev–Trinajstić information content (AvgIpc) is 2.63. The Labute approximate surface area is 112 Å². The molecule has 3 nitrogen and oxygen atoms in total. The Balaban J connectivity index is 2.79. The summed E-state index contributed by atoms with van der Waals surface area (Å²) >= 11 is 0. The molecule has 2 rings (SSSR count). The van der Waals surface area contributed by atoms with Crippen LogP contribution in [0.4, 0.5) is 4.39 Å². The molecule has 19 heavy (non-hydrogen) atoms. The summed E-state index contributed by atoms with van der Waals surface area (Å²) in [4.78, 5) is 11.9. The van der Waals surface area contributed by atoms with E-state index in [-0.39, 0.29) is 17.1 Å². The summed E-state index contributed by atoms with van der Waals surface area (Å²) in [5.41, 5.74) is 1.62. The quantitative estimate of drug-likeness (QED) is 0.842. The number of halogens is 1. The van der Waals surface area contributed by atoms with Crippen LogP contribution in [0.2, 0.25) is 0 Å². The van der Waals surface area contributed by atoms with Crippen LogP contribution in [0.3, 0.4) is 0 Å². The number of hydrogen-bond acceptors (Lipinski definition) is 1. The Morgan fingerprint density at radius 2 is 1.95 bits per heavy atom. The van der Waals surface area contributed by atoms with Crippen molar-refractivity contribution in [2.24, 2.45) is 7.05 Å². The second-order valence-electron chi connectivity index (χ2n) is 5.83. The fourth-order valence-electron chi connectivity index (χ4n) is 2.29. The van der Waals surface area contributed by atoms with Gasteiger partial charge in [0, 0.05) is 25.7 Å². The first-order valence-corrected chi connectivity index (χ1v) is 6.27. The van der Waals surface area contributed by atoms with Crippen molar-refractivity contribution in [3.8, 4) is 0 Å². The minimum absolute atomic E-state index is 0.155. The largest absolute Gasteiger partial charge is 0.355 e. The number of aryl methyl sites for hydroxylation is 1. The van der Waals surface area contributed by atoms with Gasteiger partial charge in [-0.25, -0.2) is 4.39 Å². The van der Waals surface area contributed by atoms with Crippen LogP contribution in [-0.2, 0) is 12.5 Å². The average molecular weight is 262 g/mol. The Kier molecular flexibility index (Phi) is 3.12. The van der Waals surface area contributed by atoms with Gasteiger partial charge < -0.3 is 9.88 Å². The molecule has 1 N–H and O–H groups in total. The Hall–Kier alpha value is -1.84. The number of fused-ring (bicyclic) bond motifs is 1. The number of carbonyl (C=O) groups is 1. The Morgan fingerprint density at radius 1 is 1.32 bits per heavy atom. The second-order valence-corrected chi connectivity index (χ2v) is 5.83. The minimum atomic E-state index is -0.298. The summed E-state index contributed by atoms with van der Waals surface area (Å²) in [5, 5.41) is 3.40. The van der Waals surface area contributed by atoms with E-state index < -0.39 is 0 Å². The van der Waals surface area contributed by atoms with Crippen LogP contribution in [0.25, 0.3) is 10.9 Å². The summed E-state index contributed by atoms with van der Waals surface area (Å²) in [5.74, 6) is -0.387. The lowest BCUT2D eigenvalue weighted by Crippen LogP contribution is -2.18. The van der Waals surface area contributed by atoms with Gasteiger partial charge in [0.25, 0.3) is 5.91 Å². The van der Waals surface area contributed by atoms with E-state index in [0.717, 1.165) is 10.9 Å². The van der Waals surface area contributed by atoms with E-state index in [4.69, 9.17) is 0 Å². The topological polar surface area (TPSA) is 34.0 Å². The maximum atomic E-state index is 14.2. The molecule has 2 aromatic rings. The van der Waals surface area contributed by atoms with Crippen LogP contribution in [0.1, 0.15) is 36.7 Å². The lowest BCUT2D eigenvalue weighted by Gasteiger charge is -2.20. The van der Waals surface area contributed by atoms with Gasteiger partial charge in [-0.05, 0) is 23.1 Å². The van der Waals surface area contributed by atoms with Crippen LogP contribution in [-0.4, -0.2) is 17.5 Å². The van der Waals surface area contributed by atoms with Crippen molar-refractivity contribution in [3.05, 3.63) is 35.3 Å². The summed E-state index contributed by atoms with van der Waals surface area (Å²) in [7, 11) is 3.40. The summed E-state index contributed by atoms with van der Waals surface area (Å²) in [6, 6.07) is 3.29. The summed E-state index contributed by atoms with van der Waals surface area (Å²) < 4.78 is 15.9. The molecule has 102 valence electrons. The van der Waals surface area contributed by atoms with Gasteiger partial charge in [-0.15, -0.1) is 0 Å². The van der Waals surface area contributed by atoms with E-state index in [1.54, 1.807) is 23.9 Å². The number of hydrogen-bond donors (Lipinski definition) is 1. The van der Waals surface area contributed by atoms with E-state index in [1.807, 2.05) is 27.8 Å². The maximum absolute atomic E-state index is 14.2. The lowest BCUT2D eigenvalue weighted by atomic mass is 9.85. The molecule has 0 radical (unpaired) electrons. The molecule has 0 spiro atoms. The van der Waals surface area contributed by atoms with Crippen molar-refractivity contribution in [2.45, 2.75) is 26.2 Å². The Morgan fingerprint density at radius 3 is 2.47 bits per heavy atom. The fourth-order valence-corrected chi connectivity index (χ4v) is 2.29. The first-order valence-electron chi connectivity index (χ1n) is 6.27. The van der Waals surface area contributed by atoms with Gasteiger partial charge >= 0.3 is 0 Å². The molecule has 1 aromatic carbocycles. The molecule has 0 aliphatic carbocycles. The number of benzene rings is 1. The molecular formula is C15H19FN2O. The molecule has 0 fully saturated rings. The normalized spacial score (nSPS) is 11.9. The highest BCUT2D eigenvalue weighted by Crippen LogP contribution is 2.31. The van der Waals surface area contributed by atoms with Crippen LogP contribution in [0.5, 0.6) is 0 Å². The lowest BCUT2D eigenvalue weighted by molar-refractivity contribution is 0.0964. The summed E-state index contributed by atoms with van der Waals surface area (Å²) in [6.07, 6.45) is 1.73. The molecule has 4 heteroatoms. The van der Waals surface area contributed by atoms with Gasteiger partial charge in [-0.1, -0.05) is 20.8 Å². The third-order valence-corrected chi connectivity index (χ3v) is 3.36. The molecule has 0 aliphatic rings. The van der Waals surface area contributed by atoms with Gasteiger partial charge in [0.15, 0.2) is 0 Å². The van der Waals surface area contributed by atoms with E-state index in [0.29, 0.717) is 11.1 Å². The first kappa shape index (κ1) is 13.6. The van der Waals surface area contributed by atoms with E-state index in [9.17, 15) is 9.18 Å². The van der Waals surface area contributed by atoms with Crippen LogP contribution < -0.4 is 5.32 Å². The molecule has 0 atom stereocenters. The zero-order valence-corrected chi connectivity index (χ0v) is 12.0. The predicted octanol–water partition coefficient (Wildman–Crippen LogP) is 2.97. The summed E-state index contributed by atoms with van der Waals surface area (Å²) in [6.45, 7) is 5.87. The van der Waals surface area contributed by atoms with Gasteiger partial charge in [-0.3, -0.25) is 4.79 Å². The van der Waals surface area contributed by atoms with Crippen molar-refractivity contribution in [1.29, 1.82) is 0 Å². The molecule has 1 aromatic heterocycles. The highest BCUT2D eigenvalue weighted by molar-refractivity contribution is 6.07. The highest BCUT2D eigenvalue weighted by atomic mass is 19.1. The fraction of sp³-hybridized carbons (Fsp3) is 0.400. The van der Waals surface area contributed by atoms with E-state index in [2.05, 4.69) is 5.32 Å². The van der Waals surface area contributed by atoms with Crippen molar-refractivity contribution >= 4 is 16.8 Å². The van der Waals surface area contributed by atoms with Gasteiger partial charge in [0.2, 0.25) is 0 Å². The minimum Gasteiger partial charge on any atom is -0.355 e. The number of rotatable bonds is 1. The zero-order valence-electron chi connectivity index (χ0n) is 12.0. The van der Waals surface area contributed by atoms with Crippen LogP contribution in [0.15, 0.2) is 18.3 Å². The van der Waals surface area contributed by atoms with Crippen molar-refractivity contribution in [1.82, 2.24) is 9.88 Å². The van der Waals surface area contributed by atoms with Crippen molar-refractivity contribution in [2.75, 3.05) is 7.05 Å². The molecular weight excluding hydrogens is 243 g/mol. The number of nitrogens with zero attached hydrogens (tertiary/aromatic N) is 1. The third-order valence-electron chi connectivity index (χ3n) is 3.36. The molecule has 0 saturated carbocycles. The van der Waals surface area contributed by atoms with Gasteiger partial charge in [-0.2, -0.15) is 0 Å². The van der Waals surface area contributed by atoms with E-state index >= 15 is 0 Å². The number of aromatic nitrogens is 1. The SMILES string of the molecule is CNC(=O)c1cn(C)c2cc(F)c(C(C)(C)C)cc12. The number of nitrogens with one attached hydrogen (secondary N) is 1. The number of amides is 1. The van der Waals surface area contributed by atoms with Crippen molar-refractivity contribution in [3.63, 3.8) is 0 Å². The first-order chi connectivity index (χ1) is 8.75. The highest BCUT2D eigenvalue weighted by Gasteiger charge is 2.22. The molecule has 0 unspecified atom stereocenters. The zero-order chi connectivity index (χ0) is 14.4. The van der Waals surface area contributed by atoms with Crippen LogP contribution >= 0.6 is 0 Å². The van der Waals surface area contributed by atoms with Crippen molar-refractivity contribution < 1.29 is 9.18 Å². The van der Waals surface area contributed by atoms with E-state index in [1.165, 1.54) is 6.07 Å². The maximum Gasteiger partial charge on any atom is 0.253 e. The number of carbonyl (C=O) groups excluding carboxylic acids is 1. The van der Waals surface area contributed by atoms with Crippen LogP contribution in [0, 0.1) is 5.82 Å². The second kappa shape index (κ2) is 4.37. The predicted molar refractivity (Wildman–Crippen MR) is 75.0 cm³/mol.